The Kier molecular flexibility index (Phi) is 9.12. The van der Waals surface area contributed by atoms with E-state index >= 15 is 0 Å². The third-order valence-corrected chi connectivity index (χ3v) is 6.55. The van der Waals surface area contributed by atoms with Crippen LogP contribution in [0, 0.1) is 0 Å². The van der Waals surface area contributed by atoms with Crippen LogP contribution in [0.4, 0.5) is 0 Å². The Morgan fingerprint density at radius 2 is 1.88 bits per heavy atom. The van der Waals surface area contributed by atoms with Crippen molar-refractivity contribution in [2.75, 3.05) is 39.5 Å². The second-order valence-corrected chi connectivity index (χ2v) is 9.38. The minimum absolute atomic E-state index is 0.0432. The van der Waals surface area contributed by atoms with Crippen LogP contribution in [-0.4, -0.2) is 65.9 Å². The zero-order valence-electron chi connectivity index (χ0n) is 18.0. The minimum Gasteiger partial charge on any atom is -0.486 e. The van der Waals surface area contributed by atoms with Gasteiger partial charge in [0, 0.05) is 32.2 Å². The molecule has 0 aromatic heterocycles. The predicted molar refractivity (Wildman–Crippen MR) is 114 cm³/mol. The molecule has 2 heterocycles. The molecule has 1 aromatic carbocycles. The summed E-state index contributed by atoms with van der Waals surface area (Å²) in [5.74, 6) is 0.150. The number of nitrogens with one attached hydrogen (secondary N) is 2. The number of esters is 1. The molecule has 0 spiro atoms. The number of unbranched alkanes of at least 4 members (excludes halogenated alkanes) is 2. The normalized spacial score (nSPS) is 17.7. The Labute approximate surface area is 188 Å². The summed E-state index contributed by atoms with van der Waals surface area (Å²) in [6.07, 6.45) is 3.89. The molecule has 0 aliphatic carbocycles. The van der Waals surface area contributed by atoms with Crippen LogP contribution in [0.5, 0.6) is 11.5 Å². The van der Waals surface area contributed by atoms with E-state index in [2.05, 4.69) is 10.0 Å². The number of benzene rings is 1. The quantitative estimate of drug-likeness (QED) is 0.344. The summed E-state index contributed by atoms with van der Waals surface area (Å²) in [5, 5.41) is 2.69. The van der Waals surface area contributed by atoms with Crippen LogP contribution in [0.2, 0.25) is 0 Å². The molecule has 32 heavy (non-hydrogen) atoms. The molecule has 1 amide bonds. The summed E-state index contributed by atoms with van der Waals surface area (Å²) in [5.41, 5.74) is 0. The topological polar surface area (TPSA) is 129 Å². The SMILES string of the molecule is O=C(COC(=O)CCCCCNS(=O)(=O)c1ccc2c(c1)OCCO2)NCC1CCCO1. The van der Waals surface area contributed by atoms with E-state index in [-0.39, 0.29) is 36.5 Å². The van der Waals surface area contributed by atoms with Crippen molar-refractivity contribution >= 4 is 21.9 Å². The van der Waals surface area contributed by atoms with Gasteiger partial charge in [0.05, 0.1) is 11.0 Å². The molecule has 1 unspecified atom stereocenters. The number of carbonyl (C=O) groups is 2. The highest BCUT2D eigenvalue weighted by atomic mass is 32.2. The highest BCUT2D eigenvalue weighted by Gasteiger charge is 2.19. The van der Waals surface area contributed by atoms with Crippen LogP contribution in [-0.2, 0) is 29.1 Å². The van der Waals surface area contributed by atoms with Gasteiger partial charge in [-0.25, -0.2) is 13.1 Å². The maximum atomic E-state index is 12.4. The molecule has 178 valence electrons. The van der Waals surface area contributed by atoms with Crippen molar-refractivity contribution in [3.63, 3.8) is 0 Å². The van der Waals surface area contributed by atoms with Gasteiger partial charge in [-0.2, -0.15) is 0 Å². The standard InChI is InChI=1S/C21H30N2O8S/c24-20(22-14-16-5-4-10-28-16)15-31-21(25)6-2-1-3-9-23-32(26,27)17-7-8-18-19(13-17)30-12-11-29-18/h7-8,13,16,23H,1-6,9-12,14-15H2,(H,22,24). The summed E-state index contributed by atoms with van der Waals surface area (Å²) >= 11 is 0. The van der Waals surface area contributed by atoms with E-state index in [1.54, 1.807) is 6.07 Å². The molecule has 1 atom stereocenters. The van der Waals surface area contributed by atoms with E-state index < -0.39 is 16.0 Å². The first kappa shape index (κ1) is 24.3. The van der Waals surface area contributed by atoms with Gasteiger partial charge in [0.2, 0.25) is 10.0 Å². The highest BCUT2D eigenvalue weighted by Crippen LogP contribution is 2.32. The molecule has 0 bridgehead atoms. The number of hydrogen-bond donors (Lipinski definition) is 2. The first-order chi connectivity index (χ1) is 15.4. The molecule has 1 saturated heterocycles. The summed E-state index contributed by atoms with van der Waals surface area (Å²) in [6, 6.07) is 4.50. The first-order valence-electron chi connectivity index (χ1n) is 10.9. The van der Waals surface area contributed by atoms with Gasteiger partial charge in [-0.15, -0.1) is 0 Å². The molecule has 3 rings (SSSR count). The van der Waals surface area contributed by atoms with Gasteiger partial charge < -0.3 is 24.3 Å². The molecule has 2 aliphatic rings. The molecular weight excluding hydrogens is 440 g/mol. The number of carbonyl (C=O) groups excluding carboxylic acids is 2. The number of rotatable bonds is 12. The molecule has 11 heteroatoms. The molecule has 1 aromatic rings. The highest BCUT2D eigenvalue weighted by molar-refractivity contribution is 7.89. The molecule has 2 aliphatic heterocycles. The van der Waals surface area contributed by atoms with E-state index in [1.165, 1.54) is 12.1 Å². The third-order valence-electron chi connectivity index (χ3n) is 5.09. The van der Waals surface area contributed by atoms with Gasteiger partial charge in [-0.3, -0.25) is 9.59 Å². The lowest BCUT2D eigenvalue weighted by atomic mass is 10.2. The van der Waals surface area contributed by atoms with Gasteiger partial charge in [0.25, 0.3) is 5.91 Å². The van der Waals surface area contributed by atoms with Gasteiger partial charge in [0.1, 0.15) is 13.2 Å². The molecule has 2 N–H and O–H groups in total. The van der Waals surface area contributed by atoms with E-state index in [0.717, 1.165) is 19.4 Å². The lowest BCUT2D eigenvalue weighted by Crippen LogP contribution is -2.34. The molecule has 1 fully saturated rings. The smallest absolute Gasteiger partial charge is 0.306 e. The zero-order chi connectivity index (χ0) is 22.8. The van der Waals surface area contributed by atoms with Crippen molar-refractivity contribution in [1.82, 2.24) is 10.0 Å². The van der Waals surface area contributed by atoms with Gasteiger partial charge in [0.15, 0.2) is 18.1 Å². The van der Waals surface area contributed by atoms with E-state index in [1.807, 2.05) is 0 Å². The maximum Gasteiger partial charge on any atom is 0.306 e. The average Bonchev–Trinajstić information content (AvgIpc) is 3.32. The fraction of sp³-hybridized carbons (Fsp3) is 0.619. The van der Waals surface area contributed by atoms with Crippen molar-refractivity contribution in [2.45, 2.75) is 49.5 Å². The fourth-order valence-electron chi connectivity index (χ4n) is 3.35. The van der Waals surface area contributed by atoms with E-state index in [0.29, 0.717) is 50.5 Å². The van der Waals surface area contributed by atoms with Gasteiger partial charge in [-0.05, 0) is 37.8 Å². The summed E-state index contributed by atoms with van der Waals surface area (Å²) < 4.78 is 48.6. The van der Waals surface area contributed by atoms with E-state index in [4.69, 9.17) is 18.9 Å². The van der Waals surface area contributed by atoms with Crippen LogP contribution < -0.4 is 19.5 Å². The number of ether oxygens (including phenoxy) is 4. The summed E-state index contributed by atoms with van der Waals surface area (Å²) in [6.45, 7) is 1.91. The van der Waals surface area contributed by atoms with Gasteiger partial charge >= 0.3 is 5.97 Å². The third kappa shape index (κ3) is 7.64. The monoisotopic (exact) mass is 470 g/mol. The summed E-state index contributed by atoms with van der Waals surface area (Å²) in [7, 11) is -3.66. The lowest BCUT2D eigenvalue weighted by Gasteiger charge is -2.18. The first-order valence-corrected chi connectivity index (χ1v) is 12.4. The predicted octanol–water partition coefficient (Wildman–Crippen LogP) is 1.13. The van der Waals surface area contributed by atoms with Crippen molar-refractivity contribution < 1.29 is 37.0 Å². The van der Waals surface area contributed by atoms with Crippen LogP contribution in [0.25, 0.3) is 0 Å². The fourth-order valence-corrected chi connectivity index (χ4v) is 4.44. The Hall–Kier alpha value is -2.37. The van der Waals surface area contributed by atoms with Crippen molar-refractivity contribution in [1.29, 1.82) is 0 Å². The maximum absolute atomic E-state index is 12.4. The molecule has 0 saturated carbocycles. The number of fused-ring (bicyclic) bond motifs is 1. The number of sulfonamides is 1. The van der Waals surface area contributed by atoms with Crippen LogP contribution in [0.3, 0.4) is 0 Å². The second-order valence-electron chi connectivity index (χ2n) is 7.61. The largest absolute Gasteiger partial charge is 0.486 e. The molecule has 10 nitrogen and oxygen atoms in total. The van der Waals surface area contributed by atoms with Gasteiger partial charge in [-0.1, -0.05) is 6.42 Å². The van der Waals surface area contributed by atoms with Crippen LogP contribution >= 0.6 is 0 Å². The summed E-state index contributed by atoms with van der Waals surface area (Å²) in [4.78, 5) is 23.5. The molecular formula is C21H30N2O8S. The number of amides is 1. The number of hydrogen-bond acceptors (Lipinski definition) is 8. The minimum atomic E-state index is -3.66. The van der Waals surface area contributed by atoms with Crippen LogP contribution in [0.15, 0.2) is 23.1 Å². The Morgan fingerprint density at radius 3 is 2.66 bits per heavy atom. The second kappa shape index (κ2) is 12.0. The van der Waals surface area contributed by atoms with Crippen molar-refractivity contribution in [2.24, 2.45) is 0 Å². The Bertz CT molecular complexity index is 884. The van der Waals surface area contributed by atoms with Crippen molar-refractivity contribution in [3.8, 4) is 11.5 Å². The zero-order valence-corrected chi connectivity index (χ0v) is 18.8. The lowest BCUT2D eigenvalue weighted by molar-refractivity contribution is -0.148. The van der Waals surface area contributed by atoms with Crippen molar-refractivity contribution in [3.05, 3.63) is 18.2 Å². The molecule has 0 radical (unpaired) electrons. The van der Waals surface area contributed by atoms with Crippen LogP contribution in [0.1, 0.15) is 38.5 Å². The Morgan fingerprint density at radius 1 is 1.06 bits per heavy atom. The average molecular weight is 471 g/mol. The Balaban J connectivity index is 1.25. The van der Waals surface area contributed by atoms with E-state index in [9.17, 15) is 18.0 Å².